The van der Waals surface area contributed by atoms with Gasteiger partial charge in [-0.05, 0) is 18.2 Å². The minimum absolute atomic E-state index is 0.122. The zero-order valence-electron chi connectivity index (χ0n) is 11.5. The number of carbonyl (C=O) groups excluding carboxylic acids is 1. The Kier molecular flexibility index (Phi) is 4.57. The maximum Gasteiger partial charge on any atom is 0.221 e. The van der Waals surface area contributed by atoms with Gasteiger partial charge in [0.2, 0.25) is 5.91 Å². The molecule has 0 saturated carbocycles. The molecular weight excluding hydrogens is 242 g/mol. The van der Waals surface area contributed by atoms with Crippen molar-refractivity contribution in [3.63, 3.8) is 0 Å². The molecule has 1 aromatic rings. The van der Waals surface area contributed by atoms with Gasteiger partial charge in [0.05, 0.1) is 12.8 Å². The Hall–Kier alpha value is -1.73. The van der Waals surface area contributed by atoms with Crippen LogP contribution < -0.4 is 10.1 Å². The zero-order valence-corrected chi connectivity index (χ0v) is 12.5. The number of carbonyl (C=O) groups is 1. The first kappa shape index (κ1) is 14.3. The molecule has 0 aliphatic carbocycles. The number of ether oxygens (including phenoxy) is 1. The summed E-state index contributed by atoms with van der Waals surface area (Å²) >= 11 is 0. The molecule has 1 N–H and O–H groups in total. The molecule has 1 amide bonds. The summed E-state index contributed by atoms with van der Waals surface area (Å²) in [5.41, 5.74) is 4.84. The highest BCUT2D eigenvalue weighted by Crippen LogP contribution is 2.25. The second-order valence-electron chi connectivity index (χ2n) is 5.10. The van der Waals surface area contributed by atoms with Gasteiger partial charge in [-0.15, -0.1) is 5.54 Å². The van der Waals surface area contributed by atoms with E-state index in [2.05, 4.69) is 36.4 Å². The summed E-state index contributed by atoms with van der Waals surface area (Å²) in [7, 11) is 0.186. The lowest BCUT2D eigenvalue weighted by Gasteiger charge is -2.09. The Morgan fingerprint density at radius 1 is 1.33 bits per heavy atom. The molecule has 0 heterocycles. The van der Waals surface area contributed by atoms with Crippen molar-refractivity contribution in [2.45, 2.75) is 26.6 Å². The minimum Gasteiger partial charge on any atom is -0.495 e. The third-order valence-electron chi connectivity index (χ3n) is 2.09. The van der Waals surface area contributed by atoms with Crippen molar-refractivity contribution in [1.29, 1.82) is 0 Å². The SMILES string of the molecule is COc1ccc(C#C[Si](C)(C)C)cc1NC(C)=O. The Labute approximate surface area is 110 Å². The van der Waals surface area contributed by atoms with E-state index in [4.69, 9.17) is 4.74 Å². The summed E-state index contributed by atoms with van der Waals surface area (Å²) in [4.78, 5) is 11.1. The van der Waals surface area contributed by atoms with Crippen molar-refractivity contribution in [2.24, 2.45) is 0 Å². The zero-order chi connectivity index (χ0) is 13.8. The van der Waals surface area contributed by atoms with Gasteiger partial charge >= 0.3 is 0 Å². The number of anilines is 1. The fraction of sp³-hybridized carbons (Fsp3) is 0.357. The van der Waals surface area contributed by atoms with Crippen LogP contribution in [0, 0.1) is 11.5 Å². The predicted molar refractivity (Wildman–Crippen MR) is 77.5 cm³/mol. The number of hydrogen-bond donors (Lipinski definition) is 1. The number of nitrogens with one attached hydrogen (secondary N) is 1. The molecule has 4 heteroatoms. The molecule has 3 nitrogen and oxygen atoms in total. The Balaban J connectivity index is 3.09. The van der Waals surface area contributed by atoms with Crippen molar-refractivity contribution in [1.82, 2.24) is 0 Å². The second-order valence-corrected chi connectivity index (χ2v) is 9.85. The molecular formula is C14H19NO2Si. The van der Waals surface area contributed by atoms with Crippen LogP contribution in [0.2, 0.25) is 19.6 Å². The van der Waals surface area contributed by atoms with Crippen LogP contribution in [0.1, 0.15) is 12.5 Å². The monoisotopic (exact) mass is 261 g/mol. The lowest BCUT2D eigenvalue weighted by molar-refractivity contribution is -0.114. The molecule has 0 spiro atoms. The number of methoxy groups -OCH3 is 1. The van der Waals surface area contributed by atoms with Crippen LogP contribution in [0.5, 0.6) is 5.75 Å². The van der Waals surface area contributed by atoms with E-state index in [1.165, 1.54) is 6.92 Å². The van der Waals surface area contributed by atoms with E-state index in [1.54, 1.807) is 7.11 Å². The molecule has 0 saturated heterocycles. The van der Waals surface area contributed by atoms with Gasteiger partial charge < -0.3 is 10.1 Å². The van der Waals surface area contributed by atoms with E-state index in [1.807, 2.05) is 18.2 Å². The van der Waals surface area contributed by atoms with Crippen LogP contribution >= 0.6 is 0 Å². The van der Waals surface area contributed by atoms with Gasteiger partial charge in [0.25, 0.3) is 0 Å². The van der Waals surface area contributed by atoms with Gasteiger partial charge in [0.1, 0.15) is 13.8 Å². The van der Waals surface area contributed by atoms with Crippen LogP contribution in [0.3, 0.4) is 0 Å². The smallest absolute Gasteiger partial charge is 0.221 e. The standard InChI is InChI=1S/C14H19NO2Si/c1-11(16)15-13-10-12(6-7-14(13)17-2)8-9-18(3,4)5/h6-7,10H,1-5H3,(H,15,16). The highest BCUT2D eigenvalue weighted by molar-refractivity contribution is 6.83. The van der Waals surface area contributed by atoms with Crippen LogP contribution in [0.25, 0.3) is 0 Å². The van der Waals surface area contributed by atoms with E-state index < -0.39 is 8.07 Å². The molecule has 0 fully saturated rings. The first-order chi connectivity index (χ1) is 8.31. The van der Waals surface area contributed by atoms with Crippen molar-refractivity contribution in [3.05, 3.63) is 23.8 Å². The van der Waals surface area contributed by atoms with E-state index >= 15 is 0 Å². The molecule has 0 atom stereocenters. The average molecular weight is 261 g/mol. The molecule has 18 heavy (non-hydrogen) atoms. The molecule has 0 aliphatic heterocycles. The summed E-state index contributed by atoms with van der Waals surface area (Å²) in [5.74, 6) is 3.68. The summed E-state index contributed by atoms with van der Waals surface area (Å²) in [6, 6.07) is 5.56. The van der Waals surface area contributed by atoms with Crippen LogP contribution in [-0.2, 0) is 4.79 Å². The number of amides is 1. The molecule has 1 rings (SSSR count). The molecule has 0 radical (unpaired) electrons. The fourth-order valence-electron chi connectivity index (χ4n) is 1.33. The van der Waals surface area contributed by atoms with Gasteiger partial charge in [-0.25, -0.2) is 0 Å². The molecule has 96 valence electrons. The lowest BCUT2D eigenvalue weighted by Crippen LogP contribution is -2.16. The van der Waals surface area contributed by atoms with Crippen molar-refractivity contribution >= 4 is 19.7 Å². The summed E-state index contributed by atoms with van der Waals surface area (Å²) in [6.45, 7) is 8.05. The van der Waals surface area contributed by atoms with E-state index in [0.29, 0.717) is 11.4 Å². The van der Waals surface area contributed by atoms with Gasteiger partial charge in [-0.2, -0.15) is 0 Å². The number of hydrogen-bond acceptors (Lipinski definition) is 2. The van der Waals surface area contributed by atoms with E-state index in [-0.39, 0.29) is 5.91 Å². The maximum atomic E-state index is 11.1. The lowest BCUT2D eigenvalue weighted by atomic mass is 10.2. The van der Waals surface area contributed by atoms with Crippen molar-refractivity contribution < 1.29 is 9.53 Å². The maximum absolute atomic E-state index is 11.1. The van der Waals surface area contributed by atoms with E-state index in [0.717, 1.165) is 5.56 Å². The minimum atomic E-state index is -1.39. The fourth-order valence-corrected chi connectivity index (χ4v) is 1.85. The third-order valence-corrected chi connectivity index (χ3v) is 2.97. The van der Waals surface area contributed by atoms with Gasteiger partial charge in [-0.1, -0.05) is 25.6 Å². The van der Waals surface area contributed by atoms with Gasteiger partial charge in [0, 0.05) is 12.5 Å². The highest BCUT2D eigenvalue weighted by atomic mass is 28.3. The van der Waals surface area contributed by atoms with Crippen molar-refractivity contribution in [2.75, 3.05) is 12.4 Å². The molecule has 0 aromatic heterocycles. The number of benzene rings is 1. The Bertz CT molecular complexity index is 507. The largest absolute Gasteiger partial charge is 0.495 e. The van der Waals surface area contributed by atoms with Crippen LogP contribution in [-0.4, -0.2) is 21.1 Å². The normalized spacial score (nSPS) is 10.3. The van der Waals surface area contributed by atoms with Crippen LogP contribution in [0.4, 0.5) is 5.69 Å². The van der Waals surface area contributed by atoms with Crippen LogP contribution in [0.15, 0.2) is 18.2 Å². The molecule has 0 bridgehead atoms. The Morgan fingerprint density at radius 3 is 2.50 bits per heavy atom. The Morgan fingerprint density at radius 2 is 2.00 bits per heavy atom. The molecule has 0 aliphatic rings. The third kappa shape index (κ3) is 4.64. The second kappa shape index (κ2) is 5.74. The van der Waals surface area contributed by atoms with Crippen molar-refractivity contribution in [3.8, 4) is 17.2 Å². The summed E-state index contributed by atoms with van der Waals surface area (Å²) in [5, 5.41) is 2.74. The van der Waals surface area contributed by atoms with Gasteiger partial charge in [0.15, 0.2) is 0 Å². The average Bonchev–Trinajstić information content (AvgIpc) is 2.25. The summed E-state index contributed by atoms with van der Waals surface area (Å²) in [6.07, 6.45) is 0. The highest BCUT2D eigenvalue weighted by Gasteiger charge is 2.08. The molecule has 0 unspecified atom stereocenters. The topological polar surface area (TPSA) is 38.3 Å². The summed E-state index contributed by atoms with van der Waals surface area (Å²) < 4.78 is 5.19. The first-order valence-electron chi connectivity index (χ1n) is 5.80. The quantitative estimate of drug-likeness (QED) is 0.656. The molecule has 1 aromatic carbocycles. The number of rotatable bonds is 2. The van der Waals surface area contributed by atoms with Gasteiger partial charge in [-0.3, -0.25) is 4.79 Å². The first-order valence-corrected chi connectivity index (χ1v) is 9.30. The predicted octanol–water partition coefficient (Wildman–Crippen LogP) is 2.88. The van der Waals surface area contributed by atoms with E-state index in [9.17, 15) is 4.79 Å².